The van der Waals surface area contributed by atoms with Gasteiger partial charge in [0.1, 0.15) is 0 Å². The van der Waals surface area contributed by atoms with E-state index in [1.807, 2.05) is 0 Å². The highest BCUT2D eigenvalue weighted by Crippen LogP contribution is 2.32. The fraction of sp³-hybridized carbons (Fsp3) is 0.364. The van der Waals surface area contributed by atoms with Gasteiger partial charge in [-0.1, -0.05) is 6.07 Å². The average Bonchev–Trinajstić information content (AvgIpc) is 2.57. The molecule has 0 unspecified atom stereocenters. The van der Waals surface area contributed by atoms with Gasteiger partial charge < -0.3 is 10.6 Å². The van der Waals surface area contributed by atoms with Gasteiger partial charge in [0.05, 0.1) is 5.56 Å². The lowest BCUT2D eigenvalue weighted by atomic mass is 10.2. The van der Waals surface area contributed by atoms with Gasteiger partial charge >= 0.3 is 6.18 Å². The quantitative estimate of drug-likeness (QED) is 0.818. The van der Waals surface area contributed by atoms with Gasteiger partial charge in [0.25, 0.3) is 0 Å². The number of carbonyl (C=O) groups excluding carboxylic acids is 1. The fourth-order valence-electron chi connectivity index (χ4n) is 1.83. The van der Waals surface area contributed by atoms with Gasteiger partial charge in [-0.3, -0.25) is 4.79 Å². The molecule has 0 aliphatic carbocycles. The second kappa shape index (κ2) is 4.03. The molecular formula is C11H11F3N2O. The molecule has 1 fully saturated rings. The van der Waals surface area contributed by atoms with E-state index in [1.165, 1.54) is 17.0 Å². The Morgan fingerprint density at radius 3 is 2.59 bits per heavy atom. The number of nitrogens with two attached hydrogens (primary N) is 1. The van der Waals surface area contributed by atoms with Crippen molar-refractivity contribution in [3.05, 3.63) is 29.8 Å². The fourth-order valence-corrected chi connectivity index (χ4v) is 1.83. The monoisotopic (exact) mass is 244 g/mol. The summed E-state index contributed by atoms with van der Waals surface area (Å²) in [5.74, 6) is -0.239. The Morgan fingerprint density at radius 1 is 1.35 bits per heavy atom. The number of hydrogen-bond donors (Lipinski definition) is 1. The lowest BCUT2D eigenvalue weighted by Crippen LogP contribution is -2.28. The summed E-state index contributed by atoms with van der Waals surface area (Å²) in [6.45, 7) is 0.264. The molecule has 1 saturated heterocycles. The Balaban J connectivity index is 2.31. The summed E-state index contributed by atoms with van der Waals surface area (Å²) in [6.07, 6.45) is -4.23. The molecule has 0 radical (unpaired) electrons. The topological polar surface area (TPSA) is 46.3 Å². The van der Waals surface area contributed by atoms with Crippen LogP contribution in [0, 0.1) is 0 Å². The van der Waals surface area contributed by atoms with Crippen LogP contribution in [0.4, 0.5) is 18.9 Å². The first-order valence-corrected chi connectivity index (χ1v) is 5.11. The number of anilines is 1. The van der Waals surface area contributed by atoms with E-state index in [2.05, 4.69) is 0 Å². The van der Waals surface area contributed by atoms with Crippen LogP contribution in [0.3, 0.4) is 0 Å². The maximum Gasteiger partial charge on any atom is 0.416 e. The van der Waals surface area contributed by atoms with Crippen molar-refractivity contribution in [1.82, 2.24) is 0 Å². The highest BCUT2D eigenvalue weighted by molar-refractivity contribution is 5.96. The molecule has 1 aliphatic heterocycles. The van der Waals surface area contributed by atoms with Crippen molar-refractivity contribution in [2.24, 2.45) is 5.73 Å². The zero-order chi connectivity index (χ0) is 12.6. The first-order chi connectivity index (χ1) is 7.88. The van der Waals surface area contributed by atoms with Crippen LogP contribution in [0.1, 0.15) is 12.0 Å². The summed E-state index contributed by atoms with van der Waals surface area (Å²) in [5, 5.41) is 0. The molecule has 2 N–H and O–H groups in total. The number of nitrogens with zero attached hydrogens (tertiary/aromatic N) is 1. The van der Waals surface area contributed by atoms with Crippen LogP contribution in [-0.4, -0.2) is 18.5 Å². The number of alkyl halides is 3. The van der Waals surface area contributed by atoms with Gasteiger partial charge in [-0.05, 0) is 18.2 Å². The van der Waals surface area contributed by atoms with Gasteiger partial charge in [0, 0.05) is 24.7 Å². The number of halogens is 3. The molecule has 1 aromatic rings. The standard InChI is InChI=1S/C11H11F3N2O/c12-11(13,14)7-2-1-3-9(4-7)16-6-8(15)5-10(16)17/h1-4,8H,5-6,15H2/t8-/m0/s1. The van der Waals surface area contributed by atoms with Crippen molar-refractivity contribution in [1.29, 1.82) is 0 Å². The molecule has 2 rings (SSSR count). The van der Waals surface area contributed by atoms with Crippen LogP contribution in [-0.2, 0) is 11.0 Å². The van der Waals surface area contributed by atoms with Gasteiger partial charge in [-0.25, -0.2) is 0 Å². The highest BCUT2D eigenvalue weighted by atomic mass is 19.4. The van der Waals surface area contributed by atoms with Crippen LogP contribution in [0.2, 0.25) is 0 Å². The summed E-state index contributed by atoms with van der Waals surface area (Å²) in [7, 11) is 0. The van der Waals surface area contributed by atoms with Crippen molar-refractivity contribution in [2.45, 2.75) is 18.6 Å². The number of rotatable bonds is 1. The smallest absolute Gasteiger partial charge is 0.326 e. The lowest BCUT2D eigenvalue weighted by molar-refractivity contribution is -0.137. The Kier molecular flexibility index (Phi) is 2.82. The van der Waals surface area contributed by atoms with Crippen LogP contribution >= 0.6 is 0 Å². The van der Waals surface area contributed by atoms with Crippen LogP contribution in [0.15, 0.2) is 24.3 Å². The summed E-state index contributed by atoms with van der Waals surface area (Å²) in [4.78, 5) is 12.8. The van der Waals surface area contributed by atoms with E-state index < -0.39 is 11.7 Å². The van der Waals surface area contributed by atoms with E-state index in [0.29, 0.717) is 0 Å². The van der Waals surface area contributed by atoms with Crippen molar-refractivity contribution in [3.8, 4) is 0 Å². The van der Waals surface area contributed by atoms with Gasteiger partial charge in [0.15, 0.2) is 0 Å². The minimum absolute atomic E-state index is 0.177. The molecule has 0 bridgehead atoms. The van der Waals surface area contributed by atoms with Crippen molar-refractivity contribution < 1.29 is 18.0 Å². The van der Waals surface area contributed by atoms with Crippen molar-refractivity contribution >= 4 is 11.6 Å². The predicted molar refractivity (Wildman–Crippen MR) is 56.4 cm³/mol. The highest BCUT2D eigenvalue weighted by Gasteiger charge is 2.33. The van der Waals surface area contributed by atoms with Crippen molar-refractivity contribution in [3.63, 3.8) is 0 Å². The number of amides is 1. The van der Waals surface area contributed by atoms with E-state index in [1.54, 1.807) is 0 Å². The predicted octanol–water partition coefficient (Wildman–Crippen LogP) is 1.77. The number of benzene rings is 1. The minimum atomic E-state index is -4.40. The average molecular weight is 244 g/mol. The maximum atomic E-state index is 12.5. The summed E-state index contributed by atoms with van der Waals surface area (Å²) < 4.78 is 37.5. The zero-order valence-corrected chi connectivity index (χ0v) is 8.87. The molecule has 92 valence electrons. The van der Waals surface area contributed by atoms with Gasteiger partial charge in [0.2, 0.25) is 5.91 Å². The Hall–Kier alpha value is -1.56. The molecule has 1 aliphatic rings. The third-order valence-corrected chi connectivity index (χ3v) is 2.64. The molecule has 1 atom stereocenters. The molecule has 1 heterocycles. The Labute approximate surface area is 96.0 Å². The normalized spacial score (nSPS) is 21.1. The first-order valence-electron chi connectivity index (χ1n) is 5.11. The summed E-state index contributed by atoms with van der Waals surface area (Å²) >= 11 is 0. The number of hydrogen-bond acceptors (Lipinski definition) is 2. The molecule has 0 spiro atoms. The molecule has 3 nitrogen and oxygen atoms in total. The third-order valence-electron chi connectivity index (χ3n) is 2.64. The summed E-state index contributed by atoms with van der Waals surface area (Å²) in [6, 6.07) is 4.40. The SMILES string of the molecule is N[C@H]1CC(=O)N(c2cccc(C(F)(F)F)c2)C1. The largest absolute Gasteiger partial charge is 0.416 e. The molecule has 6 heteroatoms. The van der Waals surface area contributed by atoms with E-state index in [-0.39, 0.29) is 30.6 Å². The van der Waals surface area contributed by atoms with Crippen molar-refractivity contribution in [2.75, 3.05) is 11.4 Å². The van der Waals surface area contributed by atoms with Crippen LogP contribution in [0.5, 0.6) is 0 Å². The van der Waals surface area contributed by atoms with E-state index in [9.17, 15) is 18.0 Å². The summed E-state index contributed by atoms with van der Waals surface area (Å²) in [5.41, 5.74) is 5.08. The van der Waals surface area contributed by atoms with Gasteiger partial charge in [-0.15, -0.1) is 0 Å². The lowest BCUT2D eigenvalue weighted by Gasteiger charge is -2.17. The number of carbonyl (C=O) groups is 1. The molecule has 0 aromatic heterocycles. The minimum Gasteiger partial charge on any atom is -0.326 e. The Bertz CT molecular complexity index is 445. The zero-order valence-electron chi connectivity index (χ0n) is 8.87. The second-order valence-electron chi connectivity index (χ2n) is 4.02. The molecular weight excluding hydrogens is 233 g/mol. The van der Waals surface area contributed by atoms with E-state index in [0.717, 1.165) is 12.1 Å². The molecule has 17 heavy (non-hydrogen) atoms. The third kappa shape index (κ3) is 2.41. The molecule has 1 aromatic carbocycles. The van der Waals surface area contributed by atoms with Gasteiger partial charge in [-0.2, -0.15) is 13.2 Å². The molecule has 0 saturated carbocycles. The maximum absolute atomic E-state index is 12.5. The van der Waals surface area contributed by atoms with E-state index >= 15 is 0 Å². The Morgan fingerprint density at radius 2 is 2.06 bits per heavy atom. The van der Waals surface area contributed by atoms with Crippen LogP contribution in [0.25, 0.3) is 0 Å². The van der Waals surface area contributed by atoms with E-state index in [4.69, 9.17) is 5.73 Å². The van der Waals surface area contributed by atoms with Crippen LogP contribution < -0.4 is 10.6 Å². The first kappa shape index (κ1) is 11.9. The second-order valence-corrected chi connectivity index (χ2v) is 4.02. The molecule has 1 amide bonds.